The Hall–Kier alpha value is -1.15. The van der Waals surface area contributed by atoms with E-state index in [1.165, 1.54) is 32.3 Å². The van der Waals surface area contributed by atoms with Crippen LogP contribution in [0.3, 0.4) is 0 Å². The number of carbonyl (C=O) groups excluding carboxylic acids is 1. The first-order valence-electron chi connectivity index (χ1n) is 7.31. The average Bonchev–Trinajstić information content (AvgIpc) is 2.54. The van der Waals surface area contributed by atoms with Crippen molar-refractivity contribution in [2.45, 2.75) is 23.8 Å². The van der Waals surface area contributed by atoms with E-state index in [1.807, 2.05) is 0 Å². The monoisotopic (exact) mass is 360 g/mol. The number of amides is 1. The summed E-state index contributed by atoms with van der Waals surface area (Å²) >= 11 is 6.12. The average molecular weight is 361 g/mol. The van der Waals surface area contributed by atoms with E-state index >= 15 is 0 Å². The number of piperidine rings is 1. The molecule has 0 N–H and O–H groups in total. The molecule has 6 nitrogen and oxygen atoms in total. The zero-order valence-electron chi connectivity index (χ0n) is 13.5. The highest BCUT2D eigenvalue weighted by Gasteiger charge is 2.26. The summed E-state index contributed by atoms with van der Waals surface area (Å²) in [5.74, 6) is -0.250. The molecular formula is C15H21ClN2O4S. The second-order valence-corrected chi connectivity index (χ2v) is 8.22. The standard InChI is InChI=1S/C15H21ClN2O4S/c1-17(2)23(20,21)12-4-5-14(16)13(10-12)15(19)18-8-6-11(22-3)7-9-18/h4-5,10-11H,6-9H2,1-3H3. The molecule has 0 aromatic heterocycles. The minimum Gasteiger partial charge on any atom is -0.381 e. The maximum atomic E-state index is 12.7. The summed E-state index contributed by atoms with van der Waals surface area (Å²) in [6.07, 6.45) is 1.68. The lowest BCUT2D eigenvalue weighted by Crippen LogP contribution is -2.40. The Morgan fingerprint density at radius 2 is 1.91 bits per heavy atom. The lowest BCUT2D eigenvalue weighted by Gasteiger charge is -2.31. The van der Waals surface area contributed by atoms with Gasteiger partial charge in [-0.2, -0.15) is 0 Å². The van der Waals surface area contributed by atoms with Crippen LogP contribution in [0.25, 0.3) is 0 Å². The molecule has 1 aliphatic heterocycles. The Morgan fingerprint density at radius 3 is 2.43 bits per heavy atom. The van der Waals surface area contributed by atoms with Crippen LogP contribution in [0.15, 0.2) is 23.1 Å². The fraction of sp³-hybridized carbons (Fsp3) is 0.533. The van der Waals surface area contributed by atoms with Crippen molar-refractivity contribution < 1.29 is 17.9 Å². The van der Waals surface area contributed by atoms with E-state index in [9.17, 15) is 13.2 Å². The quantitative estimate of drug-likeness (QED) is 0.821. The first-order chi connectivity index (χ1) is 10.8. The third kappa shape index (κ3) is 3.85. The SMILES string of the molecule is COC1CCN(C(=O)c2cc(S(=O)(=O)N(C)C)ccc2Cl)CC1. The number of hydrogen-bond acceptors (Lipinski definition) is 4. The van der Waals surface area contributed by atoms with Crippen LogP contribution in [0.4, 0.5) is 0 Å². The van der Waals surface area contributed by atoms with E-state index in [1.54, 1.807) is 12.0 Å². The van der Waals surface area contributed by atoms with Crippen LogP contribution < -0.4 is 0 Å². The molecule has 0 bridgehead atoms. The van der Waals surface area contributed by atoms with Gasteiger partial charge in [0, 0.05) is 34.3 Å². The minimum atomic E-state index is -3.61. The zero-order valence-corrected chi connectivity index (χ0v) is 15.0. The van der Waals surface area contributed by atoms with Gasteiger partial charge in [-0.3, -0.25) is 4.79 Å². The van der Waals surface area contributed by atoms with Gasteiger partial charge in [0.1, 0.15) is 0 Å². The Balaban J connectivity index is 2.27. The van der Waals surface area contributed by atoms with Crippen molar-refractivity contribution in [3.05, 3.63) is 28.8 Å². The number of halogens is 1. The first-order valence-corrected chi connectivity index (χ1v) is 9.13. The predicted octanol–water partition coefficient (Wildman–Crippen LogP) is 1.84. The zero-order chi connectivity index (χ0) is 17.2. The van der Waals surface area contributed by atoms with Gasteiger partial charge in [-0.15, -0.1) is 0 Å². The number of hydrogen-bond donors (Lipinski definition) is 0. The van der Waals surface area contributed by atoms with Crippen molar-refractivity contribution in [2.75, 3.05) is 34.3 Å². The minimum absolute atomic E-state index is 0.0574. The van der Waals surface area contributed by atoms with E-state index in [0.717, 1.165) is 17.1 Å². The summed E-state index contributed by atoms with van der Waals surface area (Å²) < 4.78 is 30.8. The smallest absolute Gasteiger partial charge is 0.255 e. The molecule has 2 rings (SSSR count). The number of ether oxygens (including phenoxy) is 1. The van der Waals surface area contributed by atoms with Crippen molar-refractivity contribution >= 4 is 27.5 Å². The van der Waals surface area contributed by atoms with Gasteiger partial charge in [-0.05, 0) is 31.0 Å². The van der Waals surface area contributed by atoms with Crippen molar-refractivity contribution in [2.24, 2.45) is 0 Å². The topological polar surface area (TPSA) is 66.9 Å². The Labute approximate surface area is 142 Å². The van der Waals surface area contributed by atoms with Crippen LogP contribution in [-0.2, 0) is 14.8 Å². The number of benzene rings is 1. The fourth-order valence-corrected chi connectivity index (χ4v) is 3.63. The van der Waals surface area contributed by atoms with Gasteiger partial charge in [-0.1, -0.05) is 11.6 Å². The van der Waals surface area contributed by atoms with Gasteiger partial charge in [0.15, 0.2) is 0 Å². The van der Waals surface area contributed by atoms with Crippen molar-refractivity contribution in [1.82, 2.24) is 9.21 Å². The highest BCUT2D eigenvalue weighted by Crippen LogP contribution is 2.25. The number of rotatable bonds is 4. The number of carbonyl (C=O) groups is 1. The van der Waals surface area contributed by atoms with Gasteiger partial charge in [0.2, 0.25) is 10.0 Å². The van der Waals surface area contributed by atoms with Crippen LogP contribution in [0.1, 0.15) is 23.2 Å². The Morgan fingerprint density at radius 1 is 1.30 bits per heavy atom. The highest BCUT2D eigenvalue weighted by molar-refractivity contribution is 7.89. The molecule has 0 radical (unpaired) electrons. The van der Waals surface area contributed by atoms with E-state index in [4.69, 9.17) is 16.3 Å². The molecule has 1 aromatic carbocycles. The van der Waals surface area contributed by atoms with Crippen molar-refractivity contribution in [3.8, 4) is 0 Å². The van der Waals surface area contributed by atoms with Gasteiger partial charge < -0.3 is 9.64 Å². The van der Waals surface area contributed by atoms with Crippen LogP contribution in [0.5, 0.6) is 0 Å². The number of nitrogens with zero attached hydrogens (tertiary/aromatic N) is 2. The third-order valence-corrected chi connectivity index (χ3v) is 6.15. The third-order valence-electron chi connectivity index (χ3n) is 4.01. The van der Waals surface area contributed by atoms with Gasteiger partial charge in [-0.25, -0.2) is 12.7 Å². The number of sulfonamides is 1. The summed E-state index contributed by atoms with van der Waals surface area (Å²) in [6, 6.07) is 4.21. The maximum Gasteiger partial charge on any atom is 0.255 e. The normalized spacial score (nSPS) is 16.8. The molecule has 1 heterocycles. The number of likely N-dealkylation sites (tertiary alicyclic amines) is 1. The van der Waals surface area contributed by atoms with E-state index < -0.39 is 10.0 Å². The van der Waals surface area contributed by atoms with Crippen molar-refractivity contribution in [3.63, 3.8) is 0 Å². The predicted molar refractivity (Wildman–Crippen MR) is 88.3 cm³/mol. The molecule has 1 fully saturated rings. The van der Waals surface area contributed by atoms with E-state index in [0.29, 0.717) is 13.1 Å². The largest absolute Gasteiger partial charge is 0.381 e. The van der Waals surface area contributed by atoms with Gasteiger partial charge in [0.25, 0.3) is 5.91 Å². The Bertz CT molecular complexity index is 683. The summed E-state index contributed by atoms with van der Waals surface area (Å²) in [5, 5.41) is 0.251. The van der Waals surface area contributed by atoms with Gasteiger partial charge in [0.05, 0.1) is 21.6 Å². The molecule has 1 amide bonds. The lowest BCUT2D eigenvalue weighted by molar-refractivity contribution is 0.0351. The lowest BCUT2D eigenvalue weighted by atomic mass is 10.1. The summed E-state index contributed by atoms with van der Waals surface area (Å²) in [5.41, 5.74) is 0.213. The van der Waals surface area contributed by atoms with Crippen molar-refractivity contribution in [1.29, 1.82) is 0 Å². The molecule has 0 atom stereocenters. The summed E-state index contributed by atoms with van der Waals surface area (Å²) in [7, 11) is 0.943. The highest BCUT2D eigenvalue weighted by atomic mass is 35.5. The molecule has 0 spiro atoms. The van der Waals surface area contributed by atoms with Crippen LogP contribution in [0.2, 0.25) is 5.02 Å². The molecular weight excluding hydrogens is 340 g/mol. The summed E-state index contributed by atoms with van der Waals surface area (Å²) in [4.78, 5) is 14.4. The molecule has 23 heavy (non-hydrogen) atoms. The first kappa shape index (κ1) is 18.2. The molecule has 0 aliphatic carbocycles. The second kappa shape index (κ2) is 7.17. The van der Waals surface area contributed by atoms with Crippen LogP contribution in [0, 0.1) is 0 Å². The molecule has 8 heteroatoms. The second-order valence-electron chi connectivity index (χ2n) is 5.66. The molecule has 1 aliphatic rings. The molecule has 1 saturated heterocycles. The fourth-order valence-electron chi connectivity index (χ4n) is 2.50. The number of methoxy groups -OCH3 is 1. The molecule has 0 unspecified atom stereocenters. The van der Waals surface area contributed by atoms with Crippen LogP contribution >= 0.6 is 11.6 Å². The van der Waals surface area contributed by atoms with Gasteiger partial charge >= 0.3 is 0 Å². The molecule has 1 aromatic rings. The Kier molecular flexibility index (Phi) is 5.67. The van der Waals surface area contributed by atoms with Crippen LogP contribution in [-0.4, -0.2) is 63.9 Å². The summed E-state index contributed by atoms with van der Waals surface area (Å²) in [6.45, 7) is 1.14. The molecule has 0 saturated carbocycles. The van der Waals surface area contributed by atoms with E-state index in [-0.39, 0.29) is 27.5 Å². The maximum absolute atomic E-state index is 12.7. The van der Waals surface area contributed by atoms with E-state index in [2.05, 4.69) is 0 Å². The molecule has 128 valence electrons.